The first-order valence-electron chi connectivity index (χ1n) is 10.0. The van der Waals surface area contributed by atoms with E-state index in [4.69, 9.17) is 0 Å². The van der Waals surface area contributed by atoms with Gasteiger partial charge < -0.3 is 0 Å². The smallest absolute Gasteiger partial charge is 0.0272 e. The van der Waals surface area contributed by atoms with E-state index in [9.17, 15) is 0 Å². The van der Waals surface area contributed by atoms with Gasteiger partial charge in [-0.25, -0.2) is 0 Å². The van der Waals surface area contributed by atoms with Crippen LogP contribution < -0.4 is 0 Å². The summed E-state index contributed by atoms with van der Waals surface area (Å²) in [5.41, 5.74) is 1.14. The second-order valence-electron chi connectivity index (χ2n) is 11.3. The molecule has 23 heavy (non-hydrogen) atoms. The molecule has 0 amide bonds. The van der Waals surface area contributed by atoms with Crippen LogP contribution in [0.4, 0.5) is 0 Å². The molecule has 0 aromatic carbocycles. The highest BCUT2D eigenvalue weighted by molar-refractivity contribution is 4.95. The minimum atomic E-state index is 0.345. The average Bonchev–Trinajstić information content (AvgIpc) is 2.33. The Kier molecular flexibility index (Phi) is 7.92. The Labute approximate surface area is 149 Å². The normalized spacial score (nSPS) is 19.6. The van der Waals surface area contributed by atoms with E-state index in [0.717, 1.165) is 29.6 Å². The maximum atomic E-state index is 2.52. The summed E-state index contributed by atoms with van der Waals surface area (Å²) in [6.07, 6.45) is 2.68. The van der Waals surface area contributed by atoms with Crippen LogP contribution >= 0.6 is 0 Å². The lowest BCUT2D eigenvalue weighted by Crippen LogP contribution is -2.46. The Morgan fingerprint density at radius 1 is 0.609 bits per heavy atom. The van der Waals surface area contributed by atoms with Gasteiger partial charge in [0.25, 0.3) is 0 Å². The quantitative estimate of drug-likeness (QED) is 0.423. The standard InChI is InChI=1S/C23H48/c1-16(2)19(5)22(10,11)23(12,13)20(6)18(4)14-17(3)15-21(7,8)9/h16-20H,14-15H2,1-13H3. The lowest BCUT2D eigenvalue weighted by Gasteiger charge is -2.52. The van der Waals surface area contributed by atoms with Gasteiger partial charge in [0.15, 0.2) is 0 Å². The molecule has 0 rings (SSSR count). The summed E-state index contributed by atoms with van der Waals surface area (Å²) in [6.45, 7) is 31.8. The summed E-state index contributed by atoms with van der Waals surface area (Å²) in [6, 6.07) is 0. The van der Waals surface area contributed by atoms with Gasteiger partial charge in [-0.15, -0.1) is 0 Å². The largest absolute Gasteiger partial charge is 0.0625 e. The molecule has 0 aliphatic carbocycles. The molecule has 0 heteroatoms. The van der Waals surface area contributed by atoms with Crippen molar-refractivity contribution >= 4 is 0 Å². The predicted molar refractivity (Wildman–Crippen MR) is 108 cm³/mol. The van der Waals surface area contributed by atoms with Crippen molar-refractivity contribution in [3.8, 4) is 0 Å². The predicted octanol–water partition coefficient (Wildman–Crippen LogP) is 8.07. The van der Waals surface area contributed by atoms with Crippen LogP contribution in [-0.4, -0.2) is 0 Å². The third-order valence-corrected chi connectivity index (χ3v) is 7.53. The molecule has 0 heterocycles. The van der Waals surface area contributed by atoms with Gasteiger partial charge in [0, 0.05) is 0 Å². The van der Waals surface area contributed by atoms with E-state index in [1.165, 1.54) is 12.8 Å². The molecule has 0 bridgehead atoms. The van der Waals surface area contributed by atoms with E-state index in [2.05, 4.69) is 90.0 Å². The molecule has 0 aliphatic rings. The second-order valence-corrected chi connectivity index (χ2v) is 11.3. The molecule has 0 nitrogen and oxygen atoms in total. The molecule has 4 atom stereocenters. The topological polar surface area (TPSA) is 0 Å². The molecule has 0 radical (unpaired) electrons. The Morgan fingerprint density at radius 3 is 1.35 bits per heavy atom. The average molecular weight is 325 g/mol. The first kappa shape index (κ1) is 23.0. The Hall–Kier alpha value is 0. The molecule has 0 fully saturated rings. The molecule has 0 N–H and O–H groups in total. The molecule has 140 valence electrons. The molecular weight excluding hydrogens is 276 g/mol. The molecule has 0 aromatic heterocycles. The van der Waals surface area contributed by atoms with Crippen molar-refractivity contribution in [3.63, 3.8) is 0 Å². The fourth-order valence-electron chi connectivity index (χ4n) is 4.69. The highest BCUT2D eigenvalue weighted by atomic mass is 14.5. The number of hydrogen-bond donors (Lipinski definition) is 0. The van der Waals surface area contributed by atoms with Crippen LogP contribution in [0.25, 0.3) is 0 Å². The lowest BCUT2D eigenvalue weighted by atomic mass is 9.52. The lowest BCUT2D eigenvalue weighted by molar-refractivity contribution is -0.0378. The second kappa shape index (κ2) is 7.92. The van der Waals surface area contributed by atoms with Crippen LogP contribution in [-0.2, 0) is 0 Å². The summed E-state index contributed by atoms with van der Waals surface area (Å²) >= 11 is 0. The summed E-state index contributed by atoms with van der Waals surface area (Å²) in [5.74, 6) is 3.81. The summed E-state index contributed by atoms with van der Waals surface area (Å²) in [5, 5.41) is 0. The summed E-state index contributed by atoms with van der Waals surface area (Å²) in [4.78, 5) is 0. The van der Waals surface area contributed by atoms with Gasteiger partial charge in [-0.1, -0.05) is 90.0 Å². The van der Waals surface area contributed by atoms with Gasteiger partial charge in [-0.05, 0) is 58.7 Å². The van der Waals surface area contributed by atoms with E-state index in [1.54, 1.807) is 0 Å². The molecule has 0 saturated carbocycles. The highest BCUT2D eigenvalue weighted by Gasteiger charge is 2.46. The Bertz CT molecular complexity index is 340. The van der Waals surface area contributed by atoms with E-state index in [1.807, 2.05) is 0 Å². The summed E-state index contributed by atoms with van der Waals surface area (Å²) < 4.78 is 0. The van der Waals surface area contributed by atoms with E-state index in [-0.39, 0.29) is 0 Å². The molecule has 4 unspecified atom stereocenters. The van der Waals surface area contributed by atoms with Crippen molar-refractivity contribution in [2.75, 3.05) is 0 Å². The SMILES string of the molecule is CC(CC(C)C(C)C(C)(C)C(C)(C)C(C)C(C)C)CC(C)(C)C. The molecule has 0 aliphatic heterocycles. The first-order chi connectivity index (χ1) is 10.0. The zero-order valence-corrected chi connectivity index (χ0v) is 18.8. The zero-order valence-electron chi connectivity index (χ0n) is 18.8. The van der Waals surface area contributed by atoms with Crippen LogP contribution in [0.15, 0.2) is 0 Å². The number of rotatable bonds is 8. The van der Waals surface area contributed by atoms with E-state index in [0.29, 0.717) is 16.2 Å². The van der Waals surface area contributed by atoms with Gasteiger partial charge in [-0.2, -0.15) is 0 Å². The van der Waals surface area contributed by atoms with Gasteiger partial charge in [0.1, 0.15) is 0 Å². The van der Waals surface area contributed by atoms with Gasteiger partial charge in [-0.3, -0.25) is 0 Å². The summed E-state index contributed by atoms with van der Waals surface area (Å²) in [7, 11) is 0. The molecule has 0 aromatic rings. The van der Waals surface area contributed by atoms with E-state index >= 15 is 0 Å². The fourth-order valence-corrected chi connectivity index (χ4v) is 4.69. The van der Waals surface area contributed by atoms with Crippen LogP contribution in [0.2, 0.25) is 0 Å². The highest BCUT2D eigenvalue weighted by Crippen LogP contribution is 2.53. The van der Waals surface area contributed by atoms with Crippen LogP contribution in [0.1, 0.15) is 103 Å². The van der Waals surface area contributed by atoms with Gasteiger partial charge in [0.2, 0.25) is 0 Å². The molecule has 0 saturated heterocycles. The van der Waals surface area contributed by atoms with Crippen molar-refractivity contribution in [3.05, 3.63) is 0 Å². The minimum absolute atomic E-state index is 0.345. The third-order valence-electron chi connectivity index (χ3n) is 7.53. The Balaban J connectivity index is 5.07. The van der Waals surface area contributed by atoms with Crippen molar-refractivity contribution < 1.29 is 0 Å². The van der Waals surface area contributed by atoms with Crippen molar-refractivity contribution in [2.24, 2.45) is 45.8 Å². The van der Waals surface area contributed by atoms with E-state index < -0.39 is 0 Å². The monoisotopic (exact) mass is 324 g/mol. The van der Waals surface area contributed by atoms with Crippen LogP contribution in [0.3, 0.4) is 0 Å². The van der Waals surface area contributed by atoms with Crippen molar-refractivity contribution in [2.45, 2.75) is 103 Å². The van der Waals surface area contributed by atoms with Crippen LogP contribution in [0.5, 0.6) is 0 Å². The van der Waals surface area contributed by atoms with Crippen molar-refractivity contribution in [1.29, 1.82) is 0 Å². The van der Waals surface area contributed by atoms with Gasteiger partial charge >= 0.3 is 0 Å². The number of hydrogen-bond acceptors (Lipinski definition) is 0. The Morgan fingerprint density at radius 2 is 1.00 bits per heavy atom. The van der Waals surface area contributed by atoms with Gasteiger partial charge in [0.05, 0.1) is 0 Å². The first-order valence-corrected chi connectivity index (χ1v) is 10.0. The zero-order chi connectivity index (χ0) is 18.8. The van der Waals surface area contributed by atoms with Crippen molar-refractivity contribution in [1.82, 2.24) is 0 Å². The minimum Gasteiger partial charge on any atom is -0.0625 e. The van der Waals surface area contributed by atoms with Crippen LogP contribution in [0, 0.1) is 45.8 Å². The third kappa shape index (κ3) is 6.09. The maximum Gasteiger partial charge on any atom is -0.0272 e. The molecule has 0 spiro atoms. The molecular formula is C23H48. The fraction of sp³-hybridized carbons (Fsp3) is 1.00. The maximum absolute atomic E-state index is 2.52.